The second-order valence-electron chi connectivity index (χ2n) is 4.33. The Morgan fingerprint density at radius 3 is 2.73 bits per heavy atom. The molecule has 1 heterocycles. The lowest BCUT2D eigenvalue weighted by Gasteiger charge is -2.31. The summed E-state index contributed by atoms with van der Waals surface area (Å²) in [6.45, 7) is 2.12. The Labute approximate surface area is 95.6 Å². The Bertz CT molecular complexity index is 304. The fraction of sp³-hybridized carbons (Fsp3) is 0.667. The van der Waals surface area contributed by atoms with Crippen LogP contribution in [0.25, 0.3) is 0 Å². The second kappa shape index (κ2) is 5.08. The third-order valence-electron chi connectivity index (χ3n) is 2.94. The third-order valence-corrected chi connectivity index (χ3v) is 4.13. The topological polar surface area (TPSA) is 39.2 Å². The number of furan rings is 1. The molecule has 1 aromatic rings. The van der Waals surface area contributed by atoms with Gasteiger partial charge in [0.15, 0.2) is 0 Å². The van der Waals surface area contributed by atoms with Gasteiger partial charge in [-0.1, -0.05) is 6.92 Å². The summed E-state index contributed by atoms with van der Waals surface area (Å²) in [4.78, 5) is 0. The van der Waals surface area contributed by atoms with Crippen LogP contribution in [-0.4, -0.2) is 11.8 Å². The van der Waals surface area contributed by atoms with Crippen LogP contribution in [0.4, 0.5) is 0 Å². The van der Waals surface area contributed by atoms with Crippen molar-refractivity contribution in [2.75, 3.05) is 5.75 Å². The van der Waals surface area contributed by atoms with E-state index in [0.29, 0.717) is 6.04 Å². The van der Waals surface area contributed by atoms with Gasteiger partial charge in [-0.25, -0.2) is 0 Å². The molecule has 2 nitrogen and oxygen atoms in total. The second-order valence-corrected chi connectivity index (χ2v) is 5.36. The molecule has 0 saturated heterocycles. The molecule has 1 aliphatic rings. The molecule has 1 aromatic heterocycles. The van der Waals surface area contributed by atoms with Crippen molar-refractivity contribution in [3.05, 3.63) is 23.7 Å². The zero-order chi connectivity index (χ0) is 10.7. The molecule has 0 aliphatic heterocycles. The van der Waals surface area contributed by atoms with Crippen LogP contribution in [0.5, 0.6) is 0 Å². The molecule has 0 radical (unpaired) electrons. The predicted molar refractivity (Wildman–Crippen MR) is 64.9 cm³/mol. The minimum atomic E-state index is 0.478. The van der Waals surface area contributed by atoms with E-state index in [9.17, 15) is 0 Å². The summed E-state index contributed by atoms with van der Waals surface area (Å²) in [5, 5.41) is 0. The van der Waals surface area contributed by atoms with Gasteiger partial charge in [0.1, 0.15) is 11.5 Å². The van der Waals surface area contributed by atoms with E-state index < -0.39 is 0 Å². The van der Waals surface area contributed by atoms with Crippen molar-refractivity contribution in [3.8, 4) is 0 Å². The fourth-order valence-corrected chi connectivity index (χ4v) is 3.02. The average molecular weight is 225 g/mol. The molecular formula is C12H19NOS. The van der Waals surface area contributed by atoms with Crippen LogP contribution < -0.4 is 5.73 Å². The van der Waals surface area contributed by atoms with Crippen molar-refractivity contribution < 1.29 is 4.42 Å². The molecule has 0 aromatic carbocycles. The van der Waals surface area contributed by atoms with Crippen LogP contribution in [0.1, 0.15) is 31.3 Å². The molecule has 0 atom stereocenters. The number of thioether (sulfide) groups is 1. The molecule has 0 spiro atoms. The maximum Gasteiger partial charge on any atom is 0.114 e. The van der Waals surface area contributed by atoms with E-state index in [2.05, 4.69) is 19.1 Å². The lowest BCUT2D eigenvalue weighted by atomic mass is 9.82. The highest BCUT2D eigenvalue weighted by atomic mass is 32.2. The highest BCUT2D eigenvalue weighted by molar-refractivity contribution is 7.98. The molecular weight excluding hydrogens is 206 g/mol. The third kappa shape index (κ3) is 3.02. The first-order valence-corrected chi connectivity index (χ1v) is 6.84. The minimum Gasteiger partial charge on any atom is -0.465 e. The normalized spacial score (nSPS) is 25.2. The number of hydrogen-bond donors (Lipinski definition) is 1. The van der Waals surface area contributed by atoms with E-state index in [4.69, 9.17) is 10.2 Å². The highest BCUT2D eigenvalue weighted by Crippen LogP contribution is 2.30. The van der Waals surface area contributed by atoms with Gasteiger partial charge in [-0.05, 0) is 36.6 Å². The maximum atomic E-state index is 5.75. The number of hydrogen-bond acceptors (Lipinski definition) is 3. The molecule has 1 fully saturated rings. The van der Waals surface area contributed by atoms with Gasteiger partial charge in [0.2, 0.25) is 0 Å². The summed E-state index contributed by atoms with van der Waals surface area (Å²) in [6, 6.07) is 4.65. The van der Waals surface area contributed by atoms with E-state index in [-0.39, 0.29) is 0 Å². The molecule has 15 heavy (non-hydrogen) atoms. The fourth-order valence-electron chi connectivity index (χ4n) is 1.94. The first-order chi connectivity index (χ1) is 7.28. The zero-order valence-corrected chi connectivity index (χ0v) is 10.1. The van der Waals surface area contributed by atoms with Crippen molar-refractivity contribution in [1.82, 2.24) is 0 Å². The van der Waals surface area contributed by atoms with E-state index in [1.54, 1.807) is 0 Å². The standard InChI is InChI=1S/C12H19NOS/c1-2-11-3-4-12(14-11)8-15-7-9-5-10(13)6-9/h3-4,9-10H,2,5-8,13H2,1H3. The van der Waals surface area contributed by atoms with E-state index in [0.717, 1.165) is 29.6 Å². The lowest BCUT2D eigenvalue weighted by molar-refractivity contribution is 0.295. The SMILES string of the molecule is CCc1ccc(CSCC2CC(N)C2)o1. The van der Waals surface area contributed by atoms with Crippen LogP contribution in [-0.2, 0) is 12.2 Å². The smallest absolute Gasteiger partial charge is 0.114 e. The largest absolute Gasteiger partial charge is 0.465 e. The molecule has 3 heteroatoms. The lowest BCUT2D eigenvalue weighted by Crippen LogP contribution is -2.37. The van der Waals surface area contributed by atoms with Crippen molar-refractivity contribution in [2.45, 2.75) is 38.0 Å². The van der Waals surface area contributed by atoms with Crippen LogP contribution >= 0.6 is 11.8 Å². The van der Waals surface area contributed by atoms with Crippen molar-refractivity contribution in [2.24, 2.45) is 11.7 Å². The molecule has 0 unspecified atom stereocenters. The minimum absolute atomic E-state index is 0.478. The van der Waals surface area contributed by atoms with Crippen LogP contribution in [0.15, 0.2) is 16.5 Å². The Kier molecular flexibility index (Phi) is 3.76. The van der Waals surface area contributed by atoms with Gasteiger partial charge in [-0.3, -0.25) is 0 Å². The van der Waals surface area contributed by atoms with Gasteiger partial charge in [0.25, 0.3) is 0 Å². The van der Waals surface area contributed by atoms with Crippen LogP contribution in [0.2, 0.25) is 0 Å². The zero-order valence-electron chi connectivity index (χ0n) is 9.24. The molecule has 2 rings (SSSR count). The summed E-state index contributed by atoms with van der Waals surface area (Å²) in [5.41, 5.74) is 5.75. The Morgan fingerprint density at radius 1 is 1.40 bits per heavy atom. The van der Waals surface area contributed by atoms with Crippen molar-refractivity contribution in [3.63, 3.8) is 0 Å². The first kappa shape index (κ1) is 11.1. The molecule has 0 bridgehead atoms. The number of aryl methyl sites for hydroxylation is 1. The Morgan fingerprint density at radius 2 is 2.13 bits per heavy atom. The molecule has 1 saturated carbocycles. The Balaban J connectivity index is 1.65. The Hall–Kier alpha value is -0.410. The summed E-state index contributed by atoms with van der Waals surface area (Å²) in [7, 11) is 0. The highest BCUT2D eigenvalue weighted by Gasteiger charge is 2.25. The van der Waals surface area contributed by atoms with Gasteiger partial charge >= 0.3 is 0 Å². The van der Waals surface area contributed by atoms with Gasteiger partial charge in [0, 0.05) is 12.5 Å². The van der Waals surface area contributed by atoms with E-state index in [1.807, 2.05) is 11.8 Å². The van der Waals surface area contributed by atoms with Gasteiger partial charge in [-0.15, -0.1) is 0 Å². The molecule has 0 amide bonds. The summed E-state index contributed by atoms with van der Waals surface area (Å²) < 4.78 is 5.64. The average Bonchev–Trinajstić information content (AvgIpc) is 2.63. The molecule has 2 N–H and O–H groups in total. The molecule has 1 aliphatic carbocycles. The quantitative estimate of drug-likeness (QED) is 0.837. The summed E-state index contributed by atoms with van der Waals surface area (Å²) in [5.74, 6) is 5.30. The van der Waals surface area contributed by atoms with E-state index in [1.165, 1.54) is 18.6 Å². The van der Waals surface area contributed by atoms with Crippen molar-refractivity contribution in [1.29, 1.82) is 0 Å². The maximum absolute atomic E-state index is 5.75. The van der Waals surface area contributed by atoms with Crippen LogP contribution in [0, 0.1) is 5.92 Å². The monoisotopic (exact) mass is 225 g/mol. The van der Waals surface area contributed by atoms with Gasteiger partial charge in [-0.2, -0.15) is 11.8 Å². The summed E-state index contributed by atoms with van der Waals surface area (Å²) in [6.07, 6.45) is 3.42. The van der Waals surface area contributed by atoms with Gasteiger partial charge in [0.05, 0.1) is 5.75 Å². The predicted octanol–water partition coefficient (Wildman–Crippen LogP) is 2.81. The molecule has 84 valence electrons. The van der Waals surface area contributed by atoms with E-state index >= 15 is 0 Å². The number of rotatable bonds is 5. The van der Waals surface area contributed by atoms with Gasteiger partial charge < -0.3 is 10.2 Å². The van der Waals surface area contributed by atoms with Crippen LogP contribution in [0.3, 0.4) is 0 Å². The first-order valence-electron chi connectivity index (χ1n) is 5.69. The number of nitrogens with two attached hydrogens (primary N) is 1. The van der Waals surface area contributed by atoms with Crippen molar-refractivity contribution >= 4 is 11.8 Å². The summed E-state index contributed by atoms with van der Waals surface area (Å²) >= 11 is 1.97.